The summed E-state index contributed by atoms with van der Waals surface area (Å²) in [6, 6.07) is 0. The van der Waals surface area contributed by atoms with Crippen molar-refractivity contribution in [2.45, 2.75) is 25.7 Å². The molecule has 0 aromatic carbocycles. The number of hydrogen-bond acceptors (Lipinski definition) is 5. The van der Waals surface area contributed by atoms with Gasteiger partial charge >= 0.3 is 0 Å². The Balaban J connectivity index is 1.75. The van der Waals surface area contributed by atoms with Crippen LogP contribution in [-0.4, -0.2) is 34.6 Å². The van der Waals surface area contributed by atoms with E-state index in [1.807, 2.05) is 7.05 Å². The van der Waals surface area contributed by atoms with Crippen molar-refractivity contribution in [3.8, 4) is 0 Å². The van der Waals surface area contributed by atoms with Gasteiger partial charge in [-0.25, -0.2) is 9.97 Å². The summed E-state index contributed by atoms with van der Waals surface area (Å²) in [4.78, 5) is 10.6. The minimum atomic E-state index is 0.00731. The Morgan fingerprint density at radius 2 is 2.20 bits per heavy atom. The fourth-order valence-corrected chi connectivity index (χ4v) is 3.88. The van der Waals surface area contributed by atoms with E-state index in [0.717, 1.165) is 24.3 Å². The molecule has 0 spiro atoms. The topological polar surface area (TPSA) is 87.6 Å². The minimum absolute atomic E-state index is 0.00731. The second-order valence-electron chi connectivity index (χ2n) is 6.03. The van der Waals surface area contributed by atoms with E-state index < -0.39 is 0 Å². The number of amidine groups is 1. The molecule has 3 atom stereocenters. The molecule has 2 aliphatic carbocycles. The molecule has 2 saturated carbocycles. The zero-order valence-electron chi connectivity index (χ0n) is 11.7. The highest BCUT2D eigenvalue weighted by Crippen LogP contribution is 2.48. The van der Waals surface area contributed by atoms with Crippen LogP contribution in [-0.2, 0) is 0 Å². The standard InChI is InChI=1S/C14H21N5O/c1-19(8-11-7-9-2-3-10(11)6-9)14-12(13(15)18-20)16-4-5-17-14/h4-5,9-11,20H,2-3,6-8H2,1H3,(H2,15,18). The van der Waals surface area contributed by atoms with Crippen molar-refractivity contribution in [1.82, 2.24) is 9.97 Å². The van der Waals surface area contributed by atoms with Crippen molar-refractivity contribution in [1.29, 1.82) is 0 Å². The lowest BCUT2D eigenvalue weighted by molar-refractivity contribution is 0.318. The van der Waals surface area contributed by atoms with Crippen LogP contribution < -0.4 is 10.6 Å². The monoisotopic (exact) mass is 275 g/mol. The van der Waals surface area contributed by atoms with Gasteiger partial charge in [-0.2, -0.15) is 0 Å². The lowest BCUT2D eigenvalue weighted by atomic mass is 9.88. The first-order valence-corrected chi connectivity index (χ1v) is 7.19. The Bertz CT molecular complexity index is 518. The number of fused-ring (bicyclic) bond motifs is 2. The van der Waals surface area contributed by atoms with Gasteiger partial charge in [0.25, 0.3) is 0 Å². The predicted octanol–water partition coefficient (Wildman–Crippen LogP) is 1.44. The van der Waals surface area contributed by atoms with Gasteiger partial charge in [0.05, 0.1) is 0 Å². The fourth-order valence-electron chi connectivity index (χ4n) is 3.88. The van der Waals surface area contributed by atoms with Gasteiger partial charge in [0.15, 0.2) is 17.3 Å². The summed E-state index contributed by atoms with van der Waals surface area (Å²) in [6.07, 6.45) is 8.70. The molecular weight excluding hydrogens is 254 g/mol. The van der Waals surface area contributed by atoms with Crippen molar-refractivity contribution in [3.63, 3.8) is 0 Å². The molecule has 2 aliphatic rings. The largest absolute Gasteiger partial charge is 0.409 e. The van der Waals surface area contributed by atoms with Gasteiger partial charge in [-0.3, -0.25) is 0 Å². The molecule has 6 heteroatoms. The number of anilines is 1. The van der Waals surface area contributed by atoms with E-state index in [4.69, 9.17) is 10.9 Å². The fraction of sp³-hybridized carbons (Fsp3) is 0.643. The molecule has 0 aliphatic heterocycles. The molecule has 3 unspecified atom stereocenters. The Kier molecular flexibility index (Phi) is 3.46. The predicted molar refractivity (Wildman–Crippen MR) is 76.8 cm³/mol. The molecule has 3 N–H and O–H groups in total. The summed E-state index contributed by atoms with van der Waals surface area (Å²) in [5.74, 6) is 3.23. The molecule has 0 saturated heterocycles. The van der Waals surface area contributed by atoms with Crippen LogP contribution in [0.4, 0.5) is 5.82 Å². The zero-order chi connectivity index (χ0) is 14.1. The SMILES string of the molecule is CN(CC1CC2CCC1C2)c1nccnc1C(N)=NO. The second kappa shape index (κ2) is 5.26. The smallest absolute Gasteiger partial charge is 0.192 e. The van der Waals surface area contributed by atoms with Crippen molar-refractivity contribution < 1.29 is 5.21 Å². The molecule has 1 aromatic heterocycles. The third-order valence-electron chi connectivity index (χ3n) is 4.78. The third kappa shape index (κ3) is 2.30. The molecule has 1 heterocycles. The van der Waals surface area contributed by atoms with Crippen molar-refractivity contribution in [2.75, 3.05) is 18.5 Å². The Morgan fingerprint density at radius 1 is 1.40 bits per heavy atom. The summed E-state index contributed by atoms with van der Waals surface area (Å²) in [5.41, 5.74) is 6.12. The highest BCUT2D eigenvalue weighted by molar-refractivity contribution is 5.99. The van der Waals surface area contributed by atoms with Gasteiger partial charge < -0.3 is 15.8 Å². The van der Waals surface area contributed by atoms with Crippen LogP contribution in [0.25, 0.3) is 0 Å². The van der Waals surface area contributed by atoms with Crippen LogP contribution in [0.5, 0.6) is 0 Å². The Morgan fingerprint density at radius 3 is 2.85 bits per heavy atom. The van der Waals surface area contributed by atoms with E-state index in [-0.39, 0.29) is 5.84 Å². The summed E-state index contributed by atoms with van der Waals surface area (Å²) >= 11 is 0. The van der Waals surface area contributed by atoms with Gasteiger partial charge in [-0.1, -0.05) is 11.6 Å². The van der Waals surface area contributed by atoms with Crippen LogP contribution in [0, 0.1) is 17.8 Å². The highest BCUT2D eigenvalue weighted by Gasteiger charge is 2.39. The van der Waals surface area contributed by atoms with E-state index in [1.165, 1.54) is 25.7 Å². The van der Waals surface area contributed by atoms with E-state index in [0.29, 0.717) is 11.5 Å². The van der Waals surface area contributed by atoms with E-state index in [9.17, 15) is 0 Å². The number of hydrogen-bond donors (Lipinski definition) is 2. The van der Waals surface area contributed by atoms with E-state index in [1.54, 1.807) is 12.4 Å². The summed E-state index contributed by atoms with van der Waals surface area (Å²) in [6.45, 7) is 0.964. The molecule has 108 valence electrons. The Hall–Kier alpha value is -1.85. The third-order valence-corrected chi connectivity index (χ3v) is 4.78. The van der Waals surface area contributed by atoms with Gasteiger partial charge in [0.2, 0.25) is 0 Å². The average Bonchev–Trinajstić information content (AvgIpc) is 3.09. The normalized spacial score (nSPS) is 28.9. The zero-order valence-corrected chi connectivity index (χ0v) is 11.7. The number of nitrogens with two attached hydrogens (primary N) is 1. The first kappa shape index (κ1) is 13.1. The van der Waals surface area contributed by atoms with Crippen molar-refractivity contribution in [3.05, 3.63) is 18.1 Å². The molecule has 0 radical (unpaired) electrons. The van der Waals surface area contributed by atoms with Crippen LogP contribution >= 0.6 is 0 Å². The van der Waals surface area contributed by atoms with Crippen LogP contribution in [0.1, 0.15) is 31.4 Å². The molecule has 0 amide bonds. The molecule has 3 rings (SSSR count). The molecule has 2 fully saturated rings. The average molecular weight is 275 g/mol. The molecule has 1 aromatic rings. The van der Waals surface area contributed by atoms with E-state index in [2.05, 4.69) is 20.0 Å². The summed E-state index contributed by atoms with van der Waals surface area (Å²) in [7, 11) is 2.00. The lowest BCUT2D eigenvalue weighted by Gasteiger charge is -2.28. The number of aromatic nitrogens is 2. The van der Waals surface area contributed by atoms with Gasteiger partial charge in [0.1, 0.15) is 0 Å². The van der Waals surface area contributed by atoms with Crippen LogP contribution in [0.2, 0.25) is 0 Å². The van der Waals surface area contributed by atoms with Crippen molar-refractivity contribution >= 4 is 11.7 Å². The molecule has 2 bridgehead atoms. The summed E-state index contributed by atoms with van der Waals surface area (Å²) < 4.78 is 0. The lowest BCUT2D eigenvalue weighted by Crippen LogP contribution is -2.31. The summed E-state index contributed by atoms with van der Waals surface area (Å²) in [5, 5.41) is 11.9. The first-order valence-electron chi connectivity index (χ1n) is 7.19. The number of oxime groups is 1. The van der Waals surface area contributed by atoms with Gasteiger partial charge in [0, 0.05) is 26.0 Å². The van der Waals surface area contributed by atoms with Gasteiger partial charge in [-0.15, -0.1) is 0 Å². The quantitative estimate of drug-likeness (QED) is 0.376. The van der Waals surface area contributed by atoms with E-state index >= 15 is 0 Å². The molecular formula is C14H21N5O. The van der Waals surface area contributed by atoms with Crippen LogP contribution in [0.3, 0.4) is 0 Å². The maximum absolute atomic E-state index is 8.84. The maximum Gasteiger partial charge on any atom is 0.192 e. The Labute approximate surface area is 118 Å². The second-order valence-corrected chi connectivity index (χ2v) is 6.03. The number of nitrogens with zero attached hydrogens (tertiary/aromatic N) is 4. The van der Waals surface area contributed by atoms with Gasteiger partial charge in [-0.05, 0) is 37.0 Å². The van der Waals surface area contributed by atoms with Crippen molar-refractivity contribution in [2.24, 2.45) is 28.6 Å². The number of rotatable bonds is 4. The highest BCUT2D eigenvalue weighted by atomic mass is 16.4. The maximum atomic E-state index is 8.84. The molecule has 6 nitrogen and oxygen atoms in total. The minimum Gasteiger partial charge on any atom is -0.409 e. The van der Waals surface area contributed by atoms with Crippen LogP contribution in [0.15, 0.2) is 17.5 Å². The first-order chi connectivity index (χ1) is 9.69. The molecule has 20 heavy (non-hydrogen) atoms.